The number of carbonyl (C=O) groups is 2. The molecule has 0 spiro atoms. The number of hydrogen-bond acceptors (Lipinski definition) is 6. The van der Waals surface area contributed by atoms with Crippen LogP contribution < -0.4 is 0 Å². The zero-order chi connectivity index (χ0) is 21.4. The van der Waals surface area contributed by atoms with Crippen LogP contribution >= 0.6 is 0 Å². The van der Waals surface area contributed by atoms with Gasteiger partial charge in [-0.2, -0.15) is 0 Å². The Kier molecular flexibility index (Phi) is 7.99. The average molecular weight is 402 g/mol. The molecule has 2 aromatic rings. The topological polar surface area (TPSA) is 122 Å². The van der Waals surface area contributed by atoms with E-state index in [0.717, 1.165) is 5.56 Å². The first-order chi connectivity index (χ1) is 13.7. The number of carboxylic acids is 2. The molecule has 0 aliphatic rings. The van der Waals surface area contributed by atoms with E-state index in [0.29, 0.717) is 11.1 Å². The van der Waals surface area contributed by atoms with Gasteiger partial charge in [0.2, 0.25) is 0 Å². The number of benzene rings is 2. The average Bonchev–Trinajstić information content (AvgIpc) is 2.63. The minimum Gasteiger partial charge on any atom is -0.508 e. The molecule has 0 saturated carbocycles. The highest BCUT2D eigenvalue weighted by Crippen LogP contribution is 2.21. The van der Waals surface area contributed by atoms with Crippen molar-refractivity contribution >= 4 is 11.9 Å². The second-order valence-corrected chi connectivity index (χ2v) is 6.97. The van der Waals surface area contributed by atoms with E-state index in [1.165, 1.54) is 6.07 Å². The number of aliphatic carboxylic acids is 2. The van der Waals surface area contributed by atoms with E-state index >= 15 is 0 Å². The maximum atomic E-state index is 11.3. The van der Waals surface area contributed by atoms with Gasteiger partial charge in [-0.05, 0) is 19.1 Å². The predicted molar refractivity (Wildman–Crippen MR) is 107 cm³/mol. The SMILES string of the molecule is Cc1ccc(O)c(CN(CCN(CC(=O)O)Cc2ccccc2O)CC(=O)O)c1. The third-order valence-electron chi connectivity index (χ3n) is 4.46. The molecule has 29 heavy (non-hydrogen) atoms. The van der Waals surface area contributed by atoms with Gasteiger partial charge in [-0.3, -0.25) is 19.4 Å². The van der Waals surface area contributed by atoms with Crippen molar-refractivity contribution in [3.8, 4) is 11.5 Å². The van der Waals surface area contributed by atoms with E-state index in [1.54, 1.807) is 46.2 Å². The van der Waals surface area contributed by atoms with E-state index in [2.05, 4.69) is 0 Å². The van der Waals surface area contributed by atoms with Crippen LogP contribution in [-0.2, 0) is 22.7 Å². The highest BCUT2D eigenvalue weighted by molar-refractivity contribution is 5.69. The van der Waals surface area contributed by atoms with Gasteiger partial charge in [-0.15, -0.1) is 0 Å². The molecule has 0 aliphatic carbocycles. The second kappa shape index (κ2) is 10.4. The van der Waals surface area contributed by atoms with Crippen molar-refractivity contribution in [1.29, 1.82) is 0 Å². The Morgan fingerprint density at radius 1 is 0.793 bits per heavy atom. The third kappa shape index (κ3) is 7.44. The Morgan fingerprint density at radius 3 is 1.86 bits per heavy atom. The summed E-state index contributed by atoms with van der Waals surface area (Å²) >= 11 is 0. The molecule has 0 heterocycles. The van der Waals surface area contributed by atoms with Crippen LogP contribution in [0.2, 0.25) is 0 Å². The number of carboxylic acid groups (broad SMARTS) is 2. The van der Waals surface area contributed by atoms with E-state index in [4.69, 9.17) is 0 Å². The lowest BCUT2D eigenvalue weighted by Crippen LogP contribution is -2.39. The number of phenols is 2. The Labute approximate surface area is 169 Å². The van der Waals surface area contributed by atoms with Crippen LogP contribution in [0.4, 0.5) is 0 Å². The zero-order valence-corrected chi connectivity index (χ0v) is 16.3. The summed E-state index contributed by atoms with van der Waals surface area (Å²) in [6, 6.07) is 11.8. The van der Waals surface area contributed by atoms with Crippen molar-refractivity contribution in [3.63, 3.8) is 0 Å². The Hall–Kier alpha value is -3.10. The molecule has 2 rings (SSSR count). The molecule has 0 saturated heterocycles. The van der Waals surface area contributed by atoms with Gasteiger partial charge in [-0.25, -0.2) is 0 Å². The van der Waals surface area contributed by atoms with Crippen LogP contribution in [0.5, 0.6) is 11.5 Å². The summed E-state index contributed by atoms with van der Waals surface area (Å²) in [5, 5.41) is 38.4. The molecule has 0 bridgehead atoms. The van der Waals surface area contributed by atoms with Crippen molar-refractivity contribution in [2.75, 3.05) is 26.2 Å². The molecule has 0 aromatic heterocycles. The Bertz CT molecular complexity index is 855. The fourth-order valence-electron chi connectivity index (χ4n) is 3.06. The molecule has 0 aliphatic heterocycles. The summed E-state index contributed by atoms with van der Waals surface area (Å²) < 4.78 is 0. The summed E-state index contributed by atoms with van der Waals surface area (Å²) in [5.41, 5.74) is 2.15. The van der Waals surface area contributed by atoms with Crippen LogP contribution in [-0.4, -0.2) is 68.3 Å². The summed E-state index contributed by atoms with van der Waals surface area (Å²) in [7, 11) is 0. The van der Waals surface area contributed by atoms with E-state index in [-0.39, 0.29) is 50.8 Å². The van der Waals surface area contributed by atoms with Gasteiger partial charge in [0.25, 0.3) is 0 Å². The molecule has 0 fully saturated rings. The second-order valence-electron chi connectivity index (χ2n) is 6.97. The van der Waals surface area contributed by atoms with Crippen LogP contribution in [0, 0.1) is 6.92 Å². The van der Waals surface area contributed by atoms with Crippen LogP contribution in [0.15, 0.2) is 42.5 Å². The van der Waals surface area contributed by atoms with Crippen LogP contribution in [0.1, 0.15) is 16.7 Å². The number of aryl methyl sites for hydroxylation is 1. The lowest BCUT2D eigenvalue weighted by Gasteiger charge is -2.26. The van der Waals surface area contributed by atoms with Crippen molar-refractivity contribution in [1.82, 2.24) is 9.80 Å². The standard InChI is InChI=1S/C21H26N2O6/c1-15-6-7-19(25)17(10-15)12-23(14-21(28)29)9-8-22(13-20(26)27)11-16-4-2-3-5-18(16)24/h2-7,10,24-25H,8-9,11-14H2,1H3,(H,26,27)(H,28,29). The molecule has 0 radical (unpaired) electrons. The number of nitrogens with zero attached hydrogens (tertiary/aromatic N) is 2. The minimum absolute atomic E-state index is 0.0787. The van der Waals surface area contributed by atoms with Gasteiger partial charge < -0.3 is 20.4 Å². The first-order valence-corrected chi connectivity index (χ1v) is 9.18. The first-order valence-electron chi connectivity index (χ1n) is 9.18. The smallest absolute Gasteiger partial charge is 0.317 e. The van der Waals surface area contributed by atoms with Crippen LogP contribution in [0.25, 0.3) is 0 Å². The number of rotatable bonds is 11. The van der Waals surface area contributed by atoms with E-state index < -0.39 is 11.9 Å². The van der Waals surface area contributed by atoms with Crippen molar-refractivity contribution < 1.29 is 30.0 Å². The number of hydrogen-bond donors (Lipinski definition) is 4. The maximum Gasteiger partial charge on any atom is 0.317 e. The number of phenolic OH excluding ortho intramolecular Hbond substituents is 2. The number of aromatic hydroxyl groups is 2. The Morgan fingerprint density at radius 2 is 1.31 bits per heavy atom. The maximum absolute atomic E-state index is 11.3. The summed E-state index contributed by atoms with van der Waals surface area (Å²) in [4.78, 5) is 25.8. The van der Waals surface area contributed by atoms with E-state index in [9.17, 15) is 30.0 Å². The highest BCUT2D eigenvalue weighted by Gasteiger charge is 2.17. The highest BCUT2D eigenvalue weighted by atomic mass is 16.4. The first kappa shape index (κ1) is 22.2. The van der Waals surface area contributed by atoms with Gasteiger partial charge in [-0.1, -0.05) is 35.9 Å². The largest absolute Gasteiger partial charge is 0.508 e. The van der Waals surface area contributed by atoms with Crippen molar-refractivity contribution in [3.05, 3.63) is 59.2 Å². The third-order valence-corrected chi connectivity index (χ3v) is 4.46. The normalized spacial score (nSPS) is 11.1. The molecular weight excluding hydrogens is 376 g/mol. The van der Waals surface area contributed by atoms with E-state index in [1.807, 2.05) is 6.92 Å². The van der Waals surface area contributed by atoms with Gasteiger partial charge >= 0.3 is 11.9 Å². The molecular formula is C21H26N2O6. The molecule has 0 atom stereocenters. The minimum atomic E-state index is -1.01. The predicted octanol–water partition coefficient (Wildman–Crippen LogP) is 1.88. The lowest BCUT2D eigenvalue weighted by molar-refractivity contribution is -0.140. The molecule has 4 N–H and O–H groups in total. The quantitative estimate of drug-likeness (QED) is 0.450. The van der Waals surface area contributed by atoms with Gasteiger partial charge in [0.05, 0.1) is 13.1 Å². The Balaban J connectivity index is 2.10. The summed E-state index contributed by atoms with van der Waals surface area (Å²) in [6.07, 6.45) is 0. The fraction of sp³-hybridized carbons (Fsp3) is 0.333. The molecule has 0 amide bonds. The fourth-order valence-corrected chi connectivity index (χ4v) is 3.06. The monoisotopic (exact) mass is 402 g/mol. The molecule has 8 heteroatoms. The van der Waals surface area contributed by atoms with Crippen LogP contribution in [0.3, 0.4) is 0 Å². The van der Waals surface area contributed by atoms with Crippen molar-refractivity contribution in [2.45, 2.75) is 20.0 Å². The van der Waals surface area contributed by atoms with Gasteiger partial charge in [0.1, 0.15) is 11.5 Å². The lowest BCUT2D eigenvalue weighted by atomic mass is 10.1. The molecule has 8 nitrogen and oxygen atoms in total. The summed E-state index contributed by atoms with van der Waals surface area (Å²) in [6.45, 7) is 2.38. The summed E-state index contributed by atoms with van der Waals surface area (Å²) in [5.74, 6) is -1.86. The number of para-hydroxylation sites is 1. The van der Waals surface area contributed by atoms with Crippen molar-refractivity contribution in [2.24, 2.45) is 0 Å². The van der Waals surface area contributed by atoms with Gasteiger partial charge in [0.15, 0.2) is 0 Å². The molecule has 156 valence electrons. The molecule has 0 unspecified atom stereocenters. The zero-order valence-electron chi connectivity index (χ0n) is 16.3. The van der Waals surface area contributed by atoms with Gasteiger partial charge in [0, 0.05) is 37.3 Å². The molecule has 2 aromatic carbocycles.